The third kappa shape index (κ3) is 3.13. The minimum atomic E-state index is -1.36. The molecular formula is C19H15FN6O2. The Morgan fingerprint density at radius 3 is 2.57 bits per heavy atom. The Morgan fingerprint density at radius 1 is 1.04 bits per heavy atom. The number of nitrogens with zero attached hydrogens (tertiary/aromatic N) is 6. The van der Waals surface area contributed by atoms with Gasteiger partial charge in [0.1, 0.15) is 22.8 Å². The van der Waals surface area contributed by atoms with Crippen molar-refractivity contribution in [3.8, 4) is 16.9 Å². The molecule has 1 N–H and O–H groups in total. The number of para-hydroxylation sites is 1. The summed E-state index contributed by atoms with van der Waals surface area (Å²) in [6, 6.07) is 13.3. The van der Waals surface area contributed by atoms with Gasteiger partial charge in [0.05, 0.1) is 24.1 Å². The third-order valence-corrected chi connectivity index (χ3v) is 4.37. The molecule has 0 spiro atoms. The first-order valence-corrected chi connectivity index (χ1v) is 8.46. The molecule has 0 aliphatic rings. The van der Waals surface area contributed by atoms with Crippen molar-refractivity contribution in [2.24, 2.45) is 0 Å². The van der Waals surface area contributed by atoms with Crippen molar-refractivity contribution in [2.75, 3.05) is 0 Å². The number of halogens is 1. The normalized spacial score (nSPS) is 12.1. The molecule has 4 aromatic rings. The SMILES string of the molecule is CC(c1cn(-c2ccccc2)nn1)n1cc(-c2cccc(F)c2C(=O)O)nn1. The molecule has 9 heteroatoms. The van der Waals surface area contributed by atoms with E-state index in [0.29, 0.717) is 5.69 Å². The largest absolute Gasteiger partial charge is 0.478 e. The van der Waals surface area contributed by atoms with E-state index >= 15 is 0 Å². The first-order chi connectivity index (χ1) is 13.5. The van der Waals surface area contributed by atoms with Crippen molar-refractivity contribution in [2.45, 2.75) is 13.0 Å². The summed E-state index contributed by atoms with van der Waals surface area (Å²) in [6.07, 6.45) is 3.35. The molecule has 0 radical (unpaired) electrons. The van der Waals surface area contributed by atoms with E-state index in [9.17, 15) is 14.3 Å². The van der Waals surface area contributed by atoms with E-state index in [2.05, 4.69) is 20.6 Å². The van der Waals surface area contributed by atoms with Crippen LogP contribution in [0, 0.1) is 5.82 Å². The van der Waals surface area contributed by atoms with Gasteiger partial charge in [0.25, 0.3) is 0 Å². The standard InChI is InChI=1S/C19H15FN6O2/c1-12(16-10-26(24-21-16)13-6-3-2-4-7-13)25-11-17(22-23-25)14-8-5-9-15(20)18(14)19(27)28/h2-12H,1H3,(H,27,28). The number of benzene rings is 2. The fourth-order valence-corrected chi connectivity index (χ4v) is 2.85. The summed E-state index contributed by atoms with van der Waals surface area (Å²) in [6.45, 7) is 1.86. The number of aromatic carboxylic acids is 1. The van der Waals surface area contributed by atoms with E-state index in [1.165, 1.54) is 16.8 Å². The molecule has 2 heterocycles. The van der Waals surface area contributed by atoms with Crippen molar-refractivity contribution in [3.05, 3.63) is 78.0 Å². The van der Waals surface area contributed by atoms with Crippen LogP contribution in [-0.4, -0.2) is 41.1 Å². The van der Waals surface area contributed by atoms with Crippen LogP contribution >= 0.6 is 0 Å². The zero-order valence-electron chi connectivity index (χ0n) is 14.8. The van der Waals surface area contributed by atoms with E-state index in [1.54, 1.807) is 17.1 Å². The van der Waals surface area contributed by atoms with Crippen LogP contribution in [0.2, 0.25) is 0 Å². The monoisotopic (exact) mass is 378 g/mol. The predicted octanol–water partition coefficient (Wildman–Crippen LogP) is 2.97. The van der Waals surface area contributed by atoms with E-state index < -0.39 is 17.3 Å². The number of hydrogen-bond acceptors (Lipinski definition) is 5. The quantitative estimate of drug-likeness (QED) is 0.573. The molecule has 0 aliphatic carbocycles. The summed E-state index contributed by atoms with van der Waals surface area (Å²) in [7, 11) is 0. The van der Waals surface area contributed by atoms with Crippen molar-refractivity contribution >= 4 is 5.97 Å². The van der Waals surface area contributed by atoms with Gasteiger partial charge >= 0.3 is 5.97 Å². The van der Waals surface area contributed by atoms with E-state index in [0.717, 1.165) is 11.8 Å². The summed E-state index contributed by atoms with van der Waals surface area (Å²) < 4.78 is 17.1. The smallest absolute Gasteiger partial charge is 0.339 e. The highest BCUT2D eigenvalue weighted by Crippen LogP contribution is 2.25. The molecular weight excluding hydrogens is 363 g/mol. The van der Waals surface area contributed by atoms with Crippen LogP contribution in [0.15, 0.2) is 60.9 Å². The highest BCUT2D eigenvalue weighted by Gasteiger charge is 2.21. The molecule has 140 valence electrons. The van der Waals surface area contributed by atoms with Crippen molar-refractivity contribution < 1.29 is 14.3 Å². The maximum atomic E-state index is 13.9. The van der Waals surface area contributed by atoms with Crippen LogP contribution < -0.4 is 0 Å². The Bertz CT molecular complexity index is 1140. The van der Waals surface area contributed by atoms with Crippen molar-refractivity contribution in [1.29, 1.82) is 0 Å². The van der Waals surface area contributed by atoms with Crippen LogP contribution in [0.3, 0.4) is 0 Å². The second-order valence-electron chi connectivity index (χ2n) is 6.15. The van der Waals surface area contributed by atoms with Crippen LogP contribution in [0.4, 0.5) is 4.39 Å². The number of aromatic nitrogens is 6. The zero-order chi connectivity index (χ0) is 19.7. The van der Waals surface area contributed by atoms with Gasteiger partial charge in [-0.05, 0) is 25.1 Å². The second kappa shape index (κ2) is 7.03. The molecule has 0 fully saturated rings. The van der Waals surface area contributed by atoms with Gasteiger partial charge in [-0.25, -0.2) is 18.5 Å². The van der Waals surface area contributed by atoms with Crippen LogP contribution in [0.1, 0.15) is 29.0 Å². The molecule has 8 nitrogen and oxygen atoms in total. The molecule has 1 atom stereocenters. The molecule has 2 aromatic carbocycles. The zero-order valence-corrected chi connectivity index (χ0v) is 14.8. The third-order valence-electron chi connectivity index (χ3n) is 4.37. The van der Waals surface area contributed by atoms with E-state index in [-0.39, 0.29) is 17.3 Å². The lowest BCUT2D eigenvalue weighted by Crippen LogP contribution is -2.08. The van der Waals surface area contributed by atoms with Crippen LogP contribution in [0.5, 0.6) is 0 Å². The molecule has 0 saturated carbocycles. The van der Waals surface area contributed by atoms with Gasteiger partial charge < -0.3 is 5.11 Å². The molecule has 0 aliphatic heterocycles. The van der Waals surface area contributed by atoms with E-state index in [1.807, 2.05) is 37.3 Å². The molecule has 1 unspecified atom stereocenters. The summed E-state index contributed by atoms with van der Waals surface area (Å²) >= 11 is 0. The number of rotatable bonds is 5. The highest BCUT2D eigenvalue weighted by molar-refractivity contribution is 5.95. The summed E-state index contributed by atoms with van der Waals surface area (Å²) in [5.74, 6) is -2.18. The summed E-state index contributed by atoms with van der Waals surface area (Å²) in [5, 5.41) is 25.7. The Balaban J connectivity index is 1.65. The molecule has 4 rings (SSSR count). The van der Waals surface area contributed by atoms with Gasteiger partial charge in [-0.2, -0.15) is 0 Å². The molecule has 0 bridgehead atoms. The Labute approximate surface area is 158 Å². The molecule has 0 saturated heterocycles. The number of hydrogen-bond donors (Lipinski definition) is 1. The number of carboxylic acid groups (broad SMARTS) is 1. The van der Waals surface area contributed by atoms with Crippen LogP contribution in [0.25, 0.3) is 16.9 Å². The average molecular weight is 378 g/mol. The minimum absolute atomic E-state index is 0.166. The number of carbonyl (C=O) groups is 1. The Hall–Kier alpha value is -3.88. The Kier molecular flexibility index (Phi) is 4.40. The fraction of sp³-hybridized carbons (Fsp3) is 0.105. The predicted molar refractivity (Wildman–Crippen MR) is 97.5 cm³/mol. The average Bonchev–Trinajstić information content (AvgIpc) is 3.38. The van der Waals surface area contributed by atoms with Crippen molar-refractivity contribution in [1.82, 2.24) is 30.0 Å². The maximum Gasteiger partial charge on any atom is 0.339 e. The minimum Gasteiger partial charge on any atom is -0.478 e. The van der Waals surface area contributed by atoms with Gasteiger partial charge in [-0.15, -0.1) is 10.2 Å². The van der Waals surface area contributed by atoms with Gasteiger partial charge in [-0.1, -0.05) is 40.8 Å². The molecule has 0 amide bonds. The lowest BCUT2D eigenvalue weighted by molar-refractivity contribution is 0.0693. The van der Waals surface area contributed by atoms with Gasteiger partial charge in [-0.3, -0.25) is 0 Å². The van der Waals surface area contributed by atoms with Crippen LogP contribution in [-0.2, 0) is 0 Å². The summed E-state index contributed by atoms with van der Waals surface area (Å²) in [4.78, 5) is 11.4. The van der Waals surface area contributed by atoms with Gasteiger partial charge in [0.15, 0.2) is 0 Å². The fourth-order valence-electron chi connectivity index (χ4n) is 2.85. The van der Waals surface area contributed by atoms with Gasteiger partial charge in [0, 0.05) is 5.56 Å². The Morgan fingerprint density at radius 2 is 1.82 bits per heavy atom. The lowest BCUT2D eigenvalue weighted by atomic mass is 10.0. The van der Waals surface area contributed by atoms with E-state index in [4.69, 9.17) is 0 Å². The lowest BCUT2D eigenvalue weighted by Gasteiger charge is -2.07. The highest BCUT2D eigenvalue weighted by atomic mass is 19.1. The molecule has 2 aromatic heterocycles. The first-order valence-electron chi connectivity index (χ1n) is 8.46. The topological polar surface area (TPSA) is 98.7 Å². The second-order valence-corrected chi connectivity index (χ2v) is 6.15. The summed E-state index contributed by atoms with van der Waals surface area (Å²) in [5.41, 5.74) is 1.52. The van der Waals surface area contributed by atoms with Crippen molar-refractivity contribution in [3.63, 3.8) is 0 Å². The number of carboxylic acids is 1. The first kappa shape index (κ1) is 17.5. The van der Waals surface area contributed by atoms with Gasteiger partial charge in [0.2, 0.25) is 0 Å². The molecule has 28 heavy (non-hydrogen) atoms. The maximum absolute atomic E-state index is 13.9.